The molecule has 2 aromatic heterocycles. The van der Waals surface area contributed by atoms with Crippen LogP contribution in [0.3, 0.4) is 0 Å². The lowest BCUT2D eigenvalue weighted by molar-refractivity contribution is -0.118. The fourth-order valence-corrected chi connectivity index (χ4v) is 4.54. The zero-order valence-electron chi connectivity index (χ0n) is 13.6. The number of amides is 1. The van der Waals surface area contributed by atoms with Crippen LogP contribution in [0.25, 0.3) is 10.7 Å². The fraction of sp³-hybridized carbons (Fsp3) is 0.235. The van der Waals surface area contributed by atoms with Crippen molar-refractivity contribution in [2.75, 3.05) is 0 Å². The highest BCUT2D eigenvalue weighted by Gasteiger charge is 2.19. The van der Waals surface area contributed by atoms with E-state index < -0.39 is 0 Å². The van der Waals surface area contributed by atoms with Crippen LogP contribution in [0.1, 0.15) is 24.2 Å². The maximum Gasteiger partial charge on any atom is 0.219 e. The second-order valence-electron chi connectivity index (χ2n) is 5.43. The predicted octanol–water partition coefficient (Wildman–Crippen LogP) is 4.39. The molecule has 0 bridgehead atoms. The summed E-state index contributed by atoms with van der Waals surface area (Å²) in [6.07, 6.45) is 0.241. The zero-order valence-corrected chi connectivity index (χ0v) is 15.9. The Morgan fingerprint density at radius 3 is 2.80 bits per heavy atom. The molecular formula is C17H17ClN4OS2. The second-order valence-corrected chi connectivity index (χ2v) is 8.10. The van der Waals surface area contributed by atoms with Gasteiger partial charge in [0.15, 0.2) is 11.0 Å². The van der Waals surface area contributed by atoms with E-state index in [0.29, 0.717) is 6.54 Å². The van der Waals surface area contributed by atoms with Gasteiger partial charge in [-0.25, -0.2) is 0 Å². The van der Waals surface area contributed by atoms with Crippen LogP contribution in [-0.4, -0.2) is 20.7 Å². The van der Waals surface area contributed by atoms with Crippen molar-refractivity contribution in [3.63, 3.8) is 0 Å². The molecule has 130 valence electrons. The van der Waals surface area contributed by atoms with Crippen molar-refractivity contribution in [1.82, 2.24) is 14.8 Å². The highest BCUT2D eigenvalue weighted by Crippen LogP contribution is 2.38. The number of carbonyl (C=O) groups excluding carboxylic acids is 1. The molecular weight excluding hydrogens is 376 g/mol. The maximum absolute atomic E-state index is 11.2. The van der Waals surface area contributed by atoms with Crippen molar-refractivity contribution in [3.05, 3.63) is 52.4 Å². The highest BCUT2D eigenvalue weighted by atomic mass is 35.5. The normalized spacial score (nSPS) is 12.2. The van der Waals surface area contributed by atoms with E-state index in [1.807, 2.05) is 46.3 Å². The number of carbonyl (C=O) groups is 1. The summed E-state index contributed by atoms with van der Waals surface area (Å²) in [5.74, 6) is 0.408. The summed E-state index contributed by atoms with van der Waals surface area (Å²) in [6.45, 7) is 2.52. The zero-order chi connectivity index (χ0) is 17.8. The number of rotatable bonds is 7. The number of nitrogens with two attached hydrogens (primary N) is 1. The van der Waals surface area contributed by atoms with Crippen molar-refractivity contribution in [1.29, 1.82) is 0 Å². The van der Waals surface area contributed by atoms with Gasteiger partial charge in [0.25, 0.3) is 0 Å². The Balaban J connectivity index is 1.90. The minimum atomic E-state index is -0.346. The van der Waals surface area contributed by atoms with Crippen molar-refractivity contribution < 1.29 is 4.79 Å². The summed E-state index contributed by atoms with van der Waals surface area (Å²) in [7, 11) is 0. The SMILES string of the molecule is CC(Sc1nnc(-c2cccs2)n1CCC(N)=O)c1ccccc1Cl. The van der Waals surface area contributed by atoms with Crippen LogP contribution in [0, 0.1) is 0 Å². The average molecular weight is 393 g/mol. The van der Waals surface area contributed by atoms with E-state index in [1.165, 1.54) is 0 Å². The Morgan fingerprint density at radius 1 is 1.32 bits per heavy atom. The first-order valence-electron chi connectivity index (χ1n) is 7.72. The van der Waals surface area contributed by atoms with Crippen molar-refractivity contribution >= 4 is 40.6 Å². The number of aromatic nitrogens is 3. The van der Waals surface area contributed by atoms with Gasteiger partial charge in [-0.3, -0.25) is 4.79 Å². The number of thioether (sulfide) groups is 1. The van der Waals surface area contributed by atoms with Gasteiger partial charge in [-0.05, 0) is 30.0 Å². The first kappa shape index (κ1) is 18.0. The van der Waals surface area contributed by atoms with Gasteiger partial charge >= 0.3 is 0 Å². The Bertz CT molecular complexity index is 863. The van der Waals surface area contributed by atoms with Crippen LogP contribution < -0.4 is 5.73 Å². The molecule has 0 spiro atoms. The van der Waals surface area contributed by atoms with Gasteiger partial charge < -0.3 is 10.3 Å². The van der Waals surface area contributed by atoms with E-state index in [9.17, 15) is 4.79 Å². The van der Waals surface area contributed by atoms with Crippen LogP contribution >= 0.6 is 34.7 Å². The van der Waals surface area contributed by atoms with Gasteiger partial charge in [0, 0.05) is 23.2 Å². The third kappa shape index (κ3) is 4.23. The number of benzene rings is 1. The molecule has 25 heavy (non-hydrogen) atoms. The van der Waals surface area contributed by atoms with E-state index in [-0.39, 0.29) is 17.6 Å². The first-order valence-corrected chi connectivity index (χ1v) is 9.86. The fourth-order valence-electron chi connectivity index (χ4n) is 2.41. The molecule has 8 heteroatoms. The van der Waals surface area contributed by atoms with Gasteiger partial charge in [-0.1, -0.05) is 47.6 Å². The van der Waals surface area contributed by atoms with E-state index in [1.54, 1.807) is 23.1 Å². The molecule has 0 radical (unpaired) electrons. The monoisotopic (exact) mass is 392 g/mol. The first-order chi connectivity index (χ1) is 12.1. The summed E-state index contributed by atoms with van der Waals surface area (Å²) in [6, 6.07) is 11.7. The van der Waals surface area contributed by atoms with Crippen LogP contribution in [0.15, 0.2) is 46.9 Å². The number of nitrogens with zero attached hydrogens (tertiary/aromatic N) is 3. The topological polar surface area (TPSA) is 73.8 Å². The molecule has 1 aromatic carbocycles. The molecule has 0 fully saturated rings. The molecule has 1 atom stereocenters. The van der Waals surface area contributed by atoms with E-state index >= 15 is 0 Å². The standard InChI is InChI=1S/C17H17ClN4OS2/c1-11(12-5-2-3-6-13(12)18)25-17-21-20-16(14-7-4-10-24-14)22(17)9-8-15(19)23/h2-7,10-11H,8-9H2,1H3,(H2,19,23). The van der Waals surface area contributed by atoms with Gasteiger partial charge in [0.05, 0.1) is 4.88 Å². The number of hydrogen-bond acceptors (Lipinski definition) is 5. The minimum absolute atomic E-state index is 0.0985. The largest absolute Gasteiger partial charge is 0.370 e. The Hall–Kier alpha value is -1.83. The quantitative estimate of drug-likeness (QED) is 0.605. The van der Waals surface area contributed by atoms with Crippen LogP contribution in [-0.2, 0) is 11.3 Å². The minimum Gasteiger partial charge on any atom is -0.370 e. The van der Waals surface area contributed by atoms with Crippen molar-refractivity contribution in [2.24, 2.45) is 5.73 Å². The molecule has 5 nitrogen and oxygen atoms in total. The third-order valence-electron chi connectivity index (χ3n) is 3.67. The van der Waals surface area contributed by atoms with Gasteiger partial charge in [-0.2, -0.15) is 0 Å². The van der Waals surface area contributed by atoms with Crippen molar-refractivity contribution in [2.45, 2.75) is 30.3 Å². The molecule has 0 saturated carbocycles. The number of thiophene rings is 1. The lowest BCUT2D eigenvalue weighted by Crippen LogP contribution is -2.15. The number of hydrogen-bond donors (Lipinski definition) is 1. The molecule has 3 aromatic rings. The van der Waals surface area contributed by atoms with Crippen LogP contribution in [0.4, 0.5) is 0 Å². The Morgan fingerprint density at radius 2 is 2.12 bits per heavy atom. The summed E-state index contributed by atoms with van der Waals surface area (Å²) in [5, 5.41) is 12.2. The molecule has 2 N–H and O–H groups in total. The molecule has 1 amide bonds. The average Bonchev–Trinajstić information content (AvgIpc) is 3.22. The summed E-state index contributed by atoms with van der Waals surface area (Å²) in [5.41, 5.74) is 6.36. The summed E-state index contributed by atoms with van der Waals surface area (Å²) in [4.78, 5) is 12.2. The lowest BCUT2D eigenvalue weighted by Gasteiger charge is -2.14. The lowest BCUT2D eigenvalue weighted by atomic mass is 10.2. The highest BCUT2D eigenvalue weighted by molar-refractivity contribution is 7.99. The van der Waals surface area contributed by atoms with Gasteiger partial charge in [0.2, 0.25) is 5.91 Å². The summed E-state index contributed by atoms with van der Waals surface area (Å²) >= 11 is 9.45. The molecule has 0 aliphatic rings. The van der Waals surface area contributed by atoms with Crippen molar-refractivity contribution in [3.8, 4) is 10.7 Å². The third-order valence-corrected chi connectivity index (χ3v) is 6.00. The Labute approximate surface area is 159 Å². The van der Waals surface area contributed by atoms with Gasteiger partial charge in [-0.15, -0.1) is 21.5 Å². The van der Waals surface area contributed by atoms with Gasteiger partial charge in [0.1, 0.15) is 0 Å². The maximum atomic E-state index is 11.2. The van der Waals surface area contributed by atoms with E-state index in [0.717, 1.165) is 26.4 Å². The number of halogens is 1. The molecule has 0 saturated heterocycles. The molecule has 0 aliphatic carbocycles. The van der Waals surface area contributed by atoms with Crippen LogP contribution in [0.2, 0.25) is 5.02 Å². The summed E-state index contributed by atoms with van der Waals surface area (Å²) < 4.78 is 1.95. The second kappa shape index (κ2) is 8.03. The molecule has 2 heterocycles. The Kier molecular flexibility index (Phi) is 5.78. The van der Waals surface area contributed by atoms with Crippen LogP contribution in [0.5, 0.6) is 0 Å². The molecule has 1 unspecified atom stereocenters. The van der Waals surface area contributed by atoms with E-state index in [4.69, 9.17) is 17.3 Å². The molecule has 3 rings (SSSR count). The predicted molar refractivity (Wildman–Crippen MR) is 103 cm³/mol. The smallest absolute Gasteiger partial charge is 0.219 e. The molecule has 0 aliphatic heterocycles. The number of primary amides is 1. The van der Waals surface area contributed by atoms with E-state index in [2.05, 4.69) is 17.1 Å².